The molecule has 0 aromatic heterocycles. The van der Waals surface area contributed by atoms with Gasteiger partial charge in [-0.25, -0.2) is 0 Å². The lowest BCUT2D eigenvalue weighted by atomic mass is 9.92. The molecule has 3 rings (SSSR count). The van der Waals surface area contributed by atoms with Gasteiger partial charge in [0.05, 0.1) is 0 Å². The van der Waals surface area contributed by atoms with Crippen molar-refractivity contribution >= 4 is 24.0 Å². The topological polar surface area (TPSA) is 57.6 Å². The zero-order chi connectivity index (χ0) is 19.4. The molecule has 1 aliphatic rings. The molecule has 2 aromatic carbocycles. The van der Waals surface area contributed by atoms with E-state index in [1.165, 1.54) is 28.0 Å². The lowest BCUT2D eigenvalue weighted by molar-refractivity contribution is -0.122. The Hall–Kier alpha value is -2.88. The summed E-state index contributed by atoms with van der Waals surface area (Å²) in [6.45, 7) is 6.95. The van der Waals surface area contributed by atoms with E-state index < -0.39 is 0 Å². The highest BCUT2D eigenvalue weighted by molar-refractivity contribution is 5.78. The first-order valence-electron chi connectivity index (χ1n) is 8.65. The molecule has 0 saturated heterocycles. The first-order valence-corrected chi connectivity index (χ1v) is 8.65. The molecule has 0 aliphatic carbocycles. The van der Waals surface area contributed by atoms with E-state index in [1.54, 1.807) is 0 Å². The first-order chi connectivity index (χ1) is 12.6. The molecule has 0 unspecified atom stereocenters. The molecule has 4 heteroatoms. The molecule has 4 nitrogen and oxygen atoms in total. The molecular weight excluding hydrogens is 326 g/mol. The third kappa shape index (κ3) is 6.20. The smallest absolute Gasteiger partial charge is 0.290 e. The summed E-state index contributed by atoms with van der Waals surface area (Å²) in [7, 11) is 2.15. The average Bonchev–Trinajstić information content (AvgIpc) is 2.64. The van der Waals surface area contributed by atoms with Crippen LogP contribution in [-0.4, -0.2) is 24.9 Å². The molecular formula is C22H27NO3. The van der Waals surface area contributed by atoms with Crippen molar-refractivity contribution in [3.63, 3.8) is 0 Å². The van der Waals surface area contributed by atoms with E-state index in [0.717, 1.165) is 25.7 Å². The Kier molecular flexibility index (Phi) is 9.47. The fourth-order valence-corrected chi connectivity index (χ4v) is 2.77. The van der Waals surface area contributed by atoms with Crippen molar-refractivity contribution in [3.05, 3.63) is 71.8 Å². The number of para-hydroxylation sites is 1. The number of unbranched alkanes of at least 4 members (excludes halogenated alkanes) is 1. The van der Waals surface area contributed by atoms with Gasteiger partial charge in [0.25, 0.3) is 6.47 Å². The number of hydrogen-bond donors (Lipinski definition) is 1. The van der Waals surface area contributed by atoms with Crippen molar-refractivity contribution in [2.75, 3.05) is 11.9 Å². The van der Waals surface area contributed by atoms with E-state index >= 15 is 0 Å². The number of benzene rings is 2. The zero-order valence-corrected chi connectivity index (χ0v) is 15.5. The Morgan fingerprint density at radius 2 is 1.65 bits per heavy atom. The van der Waals surface area contributed by atoms with Crippen LogP contribution in [0.15, 0.2) is 55.1 Å². The van der Waals surface area contributed by atoms with Gasteiger partial charge < -0.3 is 14.8 Å². The van der Waals surface area contributed by atoms with Gasteiger partial charge in [-0.05, 0) is 35.6 Å². The summed E-state index contributed by atoms with van der Waals surface area (Å²) in [6.07, 6.45) is 3.56. The lowest BCUT2D eigenvalue weighted by Crippen LogP contribution is -2.20. The van der Waals surface area contributed by atoms with E-state index in [0.29, 0.717) is 6.42 Å². The highest BCUT2D eigenvalue weighted by Gasteiger charge is 2.16. The van der Waals surface area contributed by atoms with Crippen molar-refractivity contribution in [1.29, 1.82) is 0 Å². The van der Waals surface area contributed by atoms with Gasteiger partial charge in [0.1, 0.15) is 6.29 Å². The van der Waals surface area contributed by atoms with Crippen LogP contribution in [0.1, 0.15) is 36.5 Å². The molecule has 1 N–H and O–H groups in total. The minimum absolute atomic E-state index is 0.250. The van der Waals surface area contributed by atoms with Gasteiger partial charge in [0.15, 0.2) is 0 Å². The Morgan fingerprint density at radius 1 is 1.08 bits per heavy atom. The summed E-state index contributed by atoms with van der Waals surface area (Å²) < 4.78 is 0. The summed E-state index contributed by atoms with van der Waals surface area (Å²) in [5, 5.41) is 6.89. The molecule has 0 atom stereocenters. The fraction of sp³-hybridized carbons (Fsp3) is 0.273. The normalized spacial score (nSPS) is 11.9. The van der Waals surface area contributed by atoms with Crippen LogP contribution in [0.25, 0.3) is 5.57 Å². The number of carbonyl (C=O) groups is 2. The number of nitrogens with zero attached hydrogens (tertiary/aromatic N) is 1. The Labute approximate surface area is 155 Å². The second-order valence-corrected chi connectivity index (χ2v) is 5.98. The molecule has 0 amide bonds. The van der Waals surface area contributed by atoms with Crippen LogP contribution in [0.2, 0.25) is 0 Å². The van der Waals surface area contributed by atoms with Crippen LogP contribution >= 0.6 is 0 Å². The van der Waals surface area contributed by atoms with Crippen molar-refractivity contribution in [2.24, 2.45) is 0 Å². The number of hydrogen-bond acceptors (Lipinski definition) is 3. The third-order valence-corrected chi connectivity index (χ3v) is 4.03. The van der Waals surface area contributed by atoms with Crippen LogP contribution in [0.5, 0.6) is 0 Å². The summed E-state index contributed by atoms with van der Waals surface area (Å²) >= 11 is 0. The second-order valence-electron chi connectivity index (χ2n) is 5.98. The second kappa shape index (κ2) is 11.6. The van der Waals surface area contributed by atoms with E-state index in [9.17, 15) is 4.79 Å². The van der Waals surface area contributed by atoms with Crippen molar-refractivity contribution in [1.82, 2.24) is 0 Å². The molecule has 0 spiro atoms. The Morgan fingerprint density at radius 3 is 2.23 bits per heavy atom. The maximum atomic E-state index is 9.40. The van der Waals surface area contributed by atoms with Crippen LogP contribution < -0.4 is 4.90 Å². The number of fused-ring (bicyclic) bond motifs is 2. The number of allylic oxidation sites excluding steroid dienone is 1. The van der Waals surface area contributed by atoms with Crippen molar-refractivity contribution in [2.45, 2.75) is 32.7 Å². The molecule has 0 bridgehead atoms. The quantitative estimate of drug-likeness (QED) is 0.803. The van der Waals surface area contributed by atoms with Crippen LogP contribution in [-0.2, 0) is 22.6 Å². The zero-order valence-electron chi connectivity index (χ0n) is 15.5. The van der Waals surface area contributed by atoms with Gasteiger partial charge in [-0.15, -0.1) is 0 Å². The van der Waals surface area contributed by atoms with Gasteiger partial charge in [0.2, 0.25) is 0 Å². The molecule has 0 radical (unpaired) electrons. The van der Waals surface area contributed by atoms with Gasteiger partial charge in [-0.3, -0.25) is 4.79 Å². The molecule has 1 aliphatic heterocycles. The lowest BCUT2D eigenvalue weighted by Gasteiger charge is -2.27. The monoisotopic (exact) mass is 353 g/mol. The van der Waals surface area contributed by atoms with E-state index in [-0.39, 0.29) is 6.47 Å². The Balaban J connectivity index is 0.000000361. The number of carbonyl (C=O) groups excluding carboxylic acids is 1. The number of rotatable bonds is 2. The molecule has 138 valence electrons. The first kappa shape index (κ1) is 21.2. The van der Waals surface area contributed by atoms with Gasteiger partial charge in [-0.1, -0.05) is 56.0 Å². The summed E-state index contributed by atoms with van der Waals surface area (Å²) in [5.41, 5.74) is 6.54. The standard InChI is InChI=1S/C17H17N.C4H8O.CH2O2/c1-13-11-14-7-3-4-8-15(14)12-18(2)17-10-6-5-9-16(13)17;1-2-3-4-5;2-1-3/h3-10H,1,11-12H2,2H3;4H,2-3H2,1H3;1H,(H,2,3). The summed E-state index contributed by atoms with van der Waals surface area (Å²) in [5.74, 6) is 0. The number of anilines is 1. The molecule has 0 saturated carbocycles. The number of aldehydes is 1. The number of carboxylic acid groups (broad SMARTS) is 1. The molecule has 0 fully saturated rings. The van der Waals surface area contributed by atoms with E-state index in [1.807, 2.05) is 6.92 Å². The van der Waals surface area contributed by atoms with Crippen LogP contribution in [0.3, 0.4) is 0 Å². The van der Waals surface area contributed by atoms with Crippen molar-refractivity contribution < 1.29 is 14.7 Å². The predicted molar refractivity (Wildman–Crippen MR) is 107 cm³/mol. The summed E-state index contributed by atoms with van der Waals surface area (Å²) in [4.78, 5) is 20.1. The fourth-order valence-electron chi connectivity index (χ4n) is 2.77. The molecule has 2 aromatic rings. The van der Waals surface area contributed by atoms with Gasteiger partial charge in [-0.2, -0.15) is 0 Å². The minimum Gasteiger partial charge on any atom is -0.483 e. The SMILES string of the molecule is C=C1Cc2ccccc2CN(C)c2ccccc21.CCCC=O.O=CO. The molecule has 26 heavy (non-hydrogen) atoms. The van der Waals surface area contributed by atoms with Crippen molar-refractivity contribution in [3.8, 4) is 0 Å². The van der Waals surface area contributed by atoms with E-state index in [2.05, 4.69) is 67.1 Å². The molecule has 1 heterocycles. The maximum absolute atomic E-state index is 9.40. The van der Waals surface area contributed by atoms with E-state index in [4.69, 9.17) is 9.90 Å². The van der Waals surface area contributed by atoms with Crippen LogP contribution in [0.4, 0.5) is 5.69 Å². The highest BCUT2D eigenvalue weighted by atomic mass is 16.3. The van der Waals surface area contributed by atoms with Gasteiger partial charge >= 0.3 is 0 Å². The van der Waals surface area contributed by atoms with Gasteiger partial charge in [0, 0.05) is 31.3 Å². The summed E-state index contributed by atoms with van der Waals surface area (Å²) in [6, 6.07) is 17.2. The Bertz CT molecular complexity index is 725. The maximum Gasteiger partial charge on any atom is 0.290 e. The minimum atomic E-state index is -0.250. The predicted octanol–water partition coefficient (Wildman–Crippen LogP) is 4.58. The average molecular weight is 353 g/mol. The van der Waals surface area contributed by atoms with Crippen LogP contribution in [0, 0.1) is 0 Å². The third-order valence-electron chi connectivity index (χ3n) is 4.03. The largest absolute Gasteiger partial charge is 0.483 e. The highest BCUT2D eigenvalue weighted by Crippen LogP contribution is 2.32.